The smallest absolute Gasteiger partial charge is 0.337 e. The molecule has 0 unspecified atom stereocenters. The van der Waals surface area contributed by atoms with E-state index in [4.69, 9.17) is 0 Å². The van der Waals surface area contributed by atoms with E-state index in [2.05, 4.69) is 10.1 Å². The van der Waals surface area contributed by atoms with Crippen molar-refractivity contribution in [3.05, 3.63) is 65.5 Å². The Kier molecular flexibility index (Phi) is 5.09. The molecular weight excluding hydrogens is 339 g/mol. The molecule has 1 saturated heterocycles. The minimum absolute atomic E-state index is 0.0405. The fourth-order valence-electron chi connectivity index (χ4n) is 2.77. The minimum Gasteiger partial charge on any atom is -0.465 e. The van der Waals surface area contributed by atoms with Gasteiger partial charge >= 0.3 is 5.97 Å². The Morgan fingerprint density at radius 3 is 2.42 bits per heavy atom. The van der Waals surface area contributed by atoms with Gasteiger partial charge in [0.05, 0.1) is 30.8 Å². The van der Waals surface area contributed by atoms with Gasteiger partial charge in [0.1, 0.15) is 5.82 Å². The molecule has 1 heterocycles. The largest absolute Gasteiger partial charge is 0.465 e. The molecule has 0 bridgehead atoms. The number of nitrogens with one attached hydrogen (secondary N) is 1. The van der Waals surface area contributed by atoms with Crippen LogP contribution in [0, 0.1) is 5.82 Å². The lowest BCUT2D eigenvalue weighted by Crippen LogP contribution is -2.38. The fourth-order valence-corrected chi connectivity index (χ4v) is 2.77. The lowest BCUT2D eigenvalue weighted by molar-refractivity contribution is -0.121. The van der Waals surface area contributed by atoms with Crippen LogP contribution in [0.25, 0.3) is 0 Å². The van der Waals surface area contributed by atoms with Gasteiger partial charge in [0.25, 0.3) is 5.91 Å². The standard InChI is InChI=1S/C19H17FN2O4/c1-26-19(25)13-4-8-15(9-5-13)22-17(23)10-16(18(22)24)21-11-12-2-6-14(20)7-3-12/h2-9,16,21H,10-11H2,1H3/t16-/m1/s1. The quantitative estimate of drug-likeness (QED) is 0.655. The third-order valence-corrected chi connectivity index (χ3v) is 4.16. The second-order valence-electron chi connectivity index (χ2n) is 5.87. The van der Waals surface area contributed by atoms with Crippen molar-refractivity contribution in [1.82, 2.24) is 5.32 Å². The van der Waals surface area contributed by atoms with Crippen LogP contribution in [0.2, 0.25) is 0 Å². The maximum atomic E-state index is 12.9. The first-order valence-corrected chi connectivity index (χ1v) is 8.02. The fraction of sp³-hybridized carbons (Fsp3) is 0.211. The molecule has 3 rings (SSSR count). The van der Waals surface area contributed by atoms with Crippen LogP contribution in [0.3, 0.4) is 0 Å². The zero-order chi connectivity index (χ0) is 18.7. The van der Waals surface area contributed by atoms with Gasteiger partial charge in [-0.05, 0) is 42.0 Å². The maximum absolute atomic E-state index is 12.9. The van der Waals surface area contributed by atoms with E-state index < -0.39 is 12.0 Å². The third kappa shape index (κ3) is 3.62. The average molecular weight is 356 g/mol. The number of amides is 2. The number of rotatable bonds is 5. The highest BCUT2D eigenvalue weighted by Crippen LogP contribution is 2.23. The van der Waals surface area contributed by atoms with Gasteiger partial charge < -0.3 is 10.1 Å². The predicted octanol–water partition coefficient (Wildman–Crippen LogP) is 2.03. The molecule has 1 fully saturated rings. The molecule has 2 aromatic rings. The van der Waals surface area contributed by atoms with Crippen molar-refractivity contribution in [3.8, 4) is 0 Å². The highest BCUT2D eigenvalue weighted by molar-refractivity contribution is 6.22. The molecule has 0 spiro atoms. The summed E-state index contributed by atoms with van der Waals surface area (Å²) in [6.45, 7) is 0.346. The van der Waals surface area contributed by atoms with E-state index >= 15 is 0 Å². The van der Waals surface area contributed by atoms with E-state index in [0.717, 1.165) is 10.5 Å². The van der Waals surface area contributed by atoms with E-state index in [9.17, 15) is 18.8 Å². The Bertz CT molecular complexity index is 834. The van der Waals surface area contributed by atoms with Gasteiger partial charge in [-0.15, -0.1) is 0 Å². The van der Waals surface area contributed by atoms with Crippen molar-refractivity contribution in [2.45, 2.75) is 19.0 Å². The van der Waals surface area contributed by atoms with Crippen LogP contribution in [-0.4, -0.2) is 30.9 Å². The molecule has 1 N–H and O–H groups in total. The maximum Gasteiger partial charge on any atom is 0.337 e. The van der Waals surface area contributed by atoms with E-state index in [1.54, 1.807) is 12.1 Å². The van der Waals surface area contributed by atoms with Crippen molar-refractivity contribution in [2.75, 3.05) is 12.0 Å². The minimum atomic E-state index is -0.646. The monoisotopic (exact) mass is 356 g/mol. The Morgan fingerprint density at radius 1 is 1.15 bits per heavy atom. The Morgan fingerprint density at radius 2 is 1.81 bits per heavy atom. The summed E-state index contributed by atoms with van der Waals surface area (Å²) in [6.07, 6.45) is 0.0405. The second-order valence-corrected chi connectivity index (χ2v) is 5.87. The van der Waals surface area contributed by atoms with Crippen LogP contribution in [0.15, 0.2) is 48.5 Å². The number of benzene rings is 2. The van der Waals surface area contributed by atoms with Crippen LogP contribution in [-0.2, 0) is 20.9 Å². The van der Waals surface area contributed by atoms with Crippen LogP contribution >= 0.6 is 0 Å². The number of carbonyl (C=O) groups excluding carboxylic acids is 3. The molecule has 0 radical (unpaired) electrons. The number of carbonyl (C=O) groups is 3. The van der Waals surface area contributed by atoms with Crippen molar-refractivity contribution >= 4 is 23.5 Å². The number of hydrogen-bond donors (Lipinski definition) is 1. The molecule has 26 heavy (non-hydrogen) atoms. The number of nitrogens with zero attached hydrogens (tertiary/aromatic N) is 1. The van der Waals surface area contributed by atoms with Crippen molar-refractivity contribution in [3.63, 3.8) is 0 Å². The number of hydrogen-bond acceptors (Lipinski definition) is 5. The van der Waals surface area contributed by atoms with Crippen LogP contribution in [0.4, 0.5) is 10.1 Å². The van der Waals surface area contributed by atoms with Crippen molar-refractivity contribution in [1.29, 1.82) is 0 Å². The first kappa shape index (κ1) is 17.8. The number of methoxy groups -OCH3 is 1. The molecule has 2 amide bonds. The van der Waals surface area contributed by atoms with Crippen LogP contribution in [0.5, 0.6) is 0 Å². The lowest BCUT2D eigenvalue weighted by atomic mass is 10.2. The Labute approximate surface area is 149 Å². The summed E-state index contributed by atoms with van der Waals surface area (Å²) in [4.78, 5) is 37.4. The topological polar surface area (TPSA) is 75.7 Å². The SMILES string of the molecule is COC(=O)c1ccc(N2C(=O)C[C@@H](NCc3ccc(F)cc3)C2=O)cc1. The van der Waals surface area contributed by atoms with E-state index in [1.807, 2.05) is 0 Å². The summed E-state index contributed by atoms with van der Waals surface area (Å²) in [7, 11) is 1.28. The number of anilines is 1. The van der Waals surface area contributed by atoms with Crippen molar-refractivity contribution < 1.29 is 23.5 Å². The number of esters is 1. The first-order chi connectivity index (χ1) is 12.5. The van der Waals surface area contributed by atoms with E-state index in [1.165, 1.54) is 43.5 Å². The lowest BCUT2D eigenvalue weighted by Gasteiger charge is -2.16. The molecule has 1 atom stereocenters. The van der Waals surface area contributed by atoms with Gasteiger partial charge in [-0.25, -0.2) is 14.1 Å². The summed E-state index contributed by atoms with van der Waals surface area (Å²) in [5.41, 5.74) is 1.55. The molecule has 1 aliphatic heterocycles. The summed E-state index contributed by atoms with van der Waals surface area (Å²) >= 11 is 0. The molecule has 134 valence electrons. The van der Waals surface area contributed by atoms with Gasteiger partial charge in [-0.2, -0.15) is 0 Å². The van der Waals surface area contributed by atoms with E-state index in [0.29, 0.717) is 17.8 Å². The summed E-state index contributed by atoms with van der Waals surface area (Å²) in [6, 6.07) is 11.3. The molecule has 0 aromatic heterocycles. The third-order valence-electron chi connectivity index (χ3n) is 4.16. The zero-order valence-corrected chi connectivity index (χ0v) is 14.1. The first-order valence-electron chi connectivity index (χ1n) is 8.02. The van der Waals surface area contributed by atoms with Crippen LogP contribution < -0.4 is 10.2 Å². The van der Waals surface area contributed by atoms with Crippen LogP contribution in [0.1, 0.15) is 22.3 Å². The highest BCUT2D eigenvalue weighted by atomic mass is 19.1. The molecule has 0 aliphatic carbocycles. The Balaban J connectivity index is 1.68. The second kappa shape index (κ2) is 7.45. The molecule has 2 aromatic carbocycles. The van der Waals surface area contributed by atoms with Gasteiger partial charge in [-0.3, -0.25) is 9.59 Å². The van der Waals surface area contributed by atoms with Gasteiger partial charge in [0, 0.05) is 6.54 Å². The van der Waals surface area contributed by atoms with Crippen molar-refractivity contribution in [2.24, 2.45) is 0 Å². The van der Waals surface area contributed by atoms with Gasteiger partial charge in [0.15, 0.2) is 0 Å². The van der Waals surface area contributed by atoms with E-state index in [-0.39, 0.29) is 24.1 Å². The predicted molar refractivity (Wildman–Crippen MR) is 91.9 cm³/mol. The molecule has 1 aliphatic rings. The van der Waals surface area contributed by atoms with Gasteiger partial charge in [-0.1, -0.05) is 12.1 Å². The molecule has 0 saturated carbocycles. The highest BCUT2D eigenvalue weighted by Gasteiger charge is 2.39. The summed E-state index contributed by atoms with van der Waals surface area (Å²) in [5.74, 6) is -1.50. The number of imide groups is 1. The Hall–Kier alpha value is -3.06. The molecule has 6 nitrogen and oxygen atoms in total. The molecule has 7 heteroatoms. The zero-order valence-electron chi connectivity index (χ0n) is 14.1. The number of ether oxygens (including phenoxy) is 1. The molecular formula is C19H17FN2O4. The number of halogens is 1. The average Bonchev–Trinajstić information content (AvgIpc) is 2.94. The summed E-state index contributed by atoms with van der Waals surface area (Å²) in [5, 5.41) is 3.03. The summed E-state index contributed by atoms with van der Waals surface area (Å²) < 4.78 is 17.5. The normalized spacial score (nSPS) is 16.8. The van der Waals surface area contributed by atoms with Gasteiger partial charge in [0.2, 0.25) is 5.91 Å².